The molecule has 4 nitrogen and oxygen atoms in total. The zero-order valence-electron chi connectivity index (χ0n) is 11.0. The third-order valence-electron chi connectivity index (χ3n) is 3.12. The first-order valence-corrected chi connectivity index (χ1v) is 6.80. The number of anilines is 2. The van der Waals surface area contributed by atoms with Gasteiger partial charge in [-0.15, -0.1) is 12.6 Å². The Bertz CT molecular complexity index is 600. The first kappa shape index (κ1) is 12.9. The van der Waals surface area contributed by atoms with Crippen LogP contribution in [0.3, 0.4) is 0 Å². The van der Waals surface area contributed by atoms with Crippen LogP contribution >= 0.6 is 12.6 Å². The van der Waals surface area contributed by atoms with Crippen LogP contribution in [0.4, 0.5) is 11.4 Å². The maximum Gasteiger partial charge on any atom is 0.186 e. The van der Waals surface area contributed by atoms with E-state index in [1.807, 2.05) is 64.6 Å². The van der Waals surface area contributed by atoms with E-state index < -0.39 is 0 Å². The van der Waals surface area contributed by atoms with Crippen LogP contribution in [-0.4, -0.2) is 18.9 Å². The zero-order valence-corrected chi connectivity index (χ0v) is 11.9. The van der Waals surface area contributed by atoms with Crippen LogP contribution < -0.4 is 14.8 Å². The van der Waals surface area contributed by atoms with Crippen LogP contribution in [0.2, 0.25) is 0 Å². The van der Waals surface area contributed by atoms with Crippen molar-refractivity contribution < 1.29 is 4.74 Å². The summed E-state index contributed by atoms with van der Waals surface area (Å²) in [5.74, 6) is 0.832. The Morgan fingerprint density at radius 2 is 1.70 bits per heavy atom. The molecule has 0 fully saturated rings. The predicted octanol–water partition coefficient (Wildman–Crippen LogP) is 3.18. The van der Waals surface area contributed by atoms with Crippen molar-refractivity contribution in [3.05, 3.63) is 54.6 Å². The molecule has 1 heterocycles. The highest BCUT2D eigenvalue weighted by Gasteiger charge is 2.26. The normalized spacial score (nSPS) is 17.6. The molecule has 0 aliphatic carbocycles. The molecule has 20 heavy (non-hydrogen) atoms. The highest BCUT2D eigenvalue weighted by Crippen LogP contribution is 2.29. The van der Waals surface area contributed by atoms with E-state index in [1.54, 1.807) is 13.4 Å². The molecule has 0 N–H and O–H groups in total. The quantitative estimate of drug-likeness (QED) is 0.878. The topological polar surface area (TPSA) is 28.1 Å². The second kappa shape index (κ2) is 5.46. The van der Waals surface area contributed by atoms with E-state index in [4.69, 9.17) is 4.74 Å². The third-order valence-corrected chi connectivity index (χ3v) is 3.47. The summed E-state index contributed by atoms with van der Waals surface area (Å²) in [5, 5.41) is 4.00. The van der Waals surface area contributed by atoms with Crippen molar-refractivity contribution in [1.82, 2.24) is 0 Å². The Labute approximate surface area is 123 Å². The Morgan fingerprint density at radius 1 is 1.00 bits per heavy atom. The van der Waals surface area contributed by atoms with Gasteiger partial charge in [0.2, 0.25) is 0 Å². The van der Waals surface area contributed by atoms with E-state index in [0.717, 1.165) is 17.1 Å². The molecule has 0 spiro atoms. The van der Waals surface area contributed by atoms with Gasteiger partial charge in [-0.3, -0.25) is 0 Å². The average Bonchev–Trinajstić information content (AvgIpc) is 2.90. The molecule has 0 saturated heterocycles. The van der Waals surface area contributed by atoms with Crippen molar-refractivity contribution in [2.24, 2.45) is 4.99 Å². The van der Waals surface area contributed by atoms with E-state index in [0.29, 0.717) is 0 Å². The molecule has 3 rings (SSSR count). The van der Waals surface area contributed by atoms with Crippen LogP contribution in [0, 0.1) is 0 Å². The van der Waals surface area contributed by atoms with Crippen LogP contribution in [0.15, 0.2) is 59.6 Å². The molecule has 102 valence electrons. The molecule has 1 aliphatic heterocycles. The summed E-state index contributed by atoms with van der Waals surface area (Å²) < 4.78 is 5.18. The minimum Gasteiger partial charge on any atom is -0.497 e. The van der Waals surface area contributed by atoms with E-state index in [1.165, 1.54) is 0 Å². The fourth-order valence-electron chi connectivity index (χ4n) is 2.12. The number of ether oxygens (including phenoxy) is 1. The monoisotopic (exact) mass is 285 g/mol. The van der Waals surface area contributed by atoms with Crippen molar-refractivity contribution in [2.45, 2.75) is 5.50 Å². The number of methoxy groups -OCH3 is 1. The summed E-state index contributed by atoms with van der Waals surface area (Å²) in [6.07, 6.45) is 1.78. The van der Waals surface area contributed by atoms with Gasteiger partial charge in [0.05, 0.1) is 18.5 Å². The Morgan fingerprint density at radius 3 is 2.35 bits per heavy atom. The highest BCUT2D eigenvalue weighted by molar-refractivity contribution is 7.81. The molecule has 2 aromatic rings. The van der Waals surface area contributed by atoms with Gasteiger partial charge >= 0.3 is 0 Å². The van der Waals surface area contributed by atoms with E-state index in [-0.39, 0.29) is 5.50 Å². The van der Waals surface area contributed by atoms with Gasteiger partial charge in [0.15, 0.2) is 5.50 Å². The number of hydrogen-bond acceptors (Lipinski definition) is 5. The molecular weight excluding hydrogens is 270 g/mol. The van der Waals surface area contributed by atoms with Gasteiger partial charge in [-0.2, -0.15) is 0 Å². The summed E-state index contributed by atoms with van der Waals surface area (Å²) in [5.41, 5.74) is 1.83. The third kappa shape index (κ3) is 2.32. The largest absolute Gasteiger partial charge is 0.497 e. The van der Waals surface area contributed by atoms with Crippen molar-refractivity contribution in [3.63, 3.8) is 0 Å². The van der Waals surface area contributed by atoms with Crippen LogP contribution in [0.5, 0.6) is 5.75 Å². The van der Waals surface area contributed by atoms with Crippen molar-refractivity contribution in [3.8, 4) is 5.75 Å². The van der Waals surface area contributed by atoms with Crippen molar-refractivity contribution >= 4 is 30.3 Å². The number of nitrogens with zero attached hydrogens (tertiary/aromatic N) is 3. The van der Waals surface area contributed by atoms with Gasteiger partial charge in [-0.25, -0.2) is 15.0 Å². The molecule has 0 bridgehead atoms. The standard InChI is InChI=1S/C15H15N3OS/c1-19-14-9-7-12(8-10-14)17-11-16-15(20)18(17)13-5-3-2-4-6-13/h2-11,15,20H,1H3. The Kier molecular flexibility index (Phi) is 3.52. The second-order valence-electron chi connectivity index (χ2n) is 4.33. The summed E-state index contributed by atoms with van der Waals surface area (Å²) >= 11 is 4.51. The molecule has 1 atom stereocenters. The van der Waals surface area contributed by atoms with Crippen LogP contribution in [-0.2, 0) is 0 Å². The number of benzene rings is 2. The Balaban J connectivity index is 1.93. The molecule has 2 aromatic carbocycles. The molecule has 1 unspecified atom stereocenters. The lowest BCUT2D eigenvalue weighted by atomic mass is 10.3. The van der Waals surface area contributed by atoms with Crippen LogP contribution in [0.1, 0.15) is 0 Å². The first-order chi connectivity index (χ1) is 9.79. The van der Waals surface area contributed by atoms with Gasteiger partial charge in [-0.1, -0.05) is 18.2 Å². The minimum atomic E-state index is -0.223. The van der Waals surface area contributed by atoms with Crippen molar-refractivity contribution in [2.75, 3.05) is 17.1 Å². The van der Waals surface area contributed by atoms with E-state index in [9.17, 15) is 0 Å². The van der Waals surface area contributed by atoms with E-state index in [2.05, 4.69) is 17.6 Å². The number of hydrazine groups is 1. The summed E-state index contributed by atoms with van der Waals surface area (Å²) in [6.45, 7) is 0. The highest BCUT2D eigenvalue weighted by atomic mass is 32.1. The average molecular weight is 285 g/mol. The lowest BCUT2D eigenvalue weighted by Crippen LogP contribution is -2.40. The molecule has 1 aliphatic rings. The van der Waals surface area contributed by atoms with Gasteiger partial charge in [0, 0.05) is 0 Å². The van der Waals surface area contributed by atoms with Gasteiger partial charge in [0.1, 0.15) is 12.1 Å². The summed E-state index contributed by atoms with van der Waals surface area (Å²) in [6, 6.07) is 17.9. The Hall–Kier alpha value is -2.14. The number of para-hydroxylation sites is 1. The lowest BCUT2D eigenvalue weighted by molar-refractivity contribution is 0.415. The number of thiol groups is 1. The lowest BCUT2D eigenvalue weighted by Gasteiger charge is -2.31. The molecule has 0 saturated carbocycles. The maximum atomic E-state index is 5.18. The molecule has 5 heteroatoms. The summed E-state index contributed by atoms with van der Waals surface area (Å²) in [7, 11) is 1.66. The number of hydrogen-bond donors (Lipinski definition) is 1. The number of rotatable bonds is 3. The van der Waals surface area contributed by atoms with Gasteiger partial charge in [0.25, 0.3) is 0 Å². The SMILES string of the molecule is COc1ccc(N2C=NC(S)N2c2ccccc2)cc1. The zero-order chi connectivity index (χ0) is 13.9. The number of aliphatic imine (C=N–C) groups is 1. The molecule has 0 radical (unpaired) electrons. The smallest absolute Gasteiger partial charge is 0.186 e. The fraction of sp³-hybridized carbons (Fsp3) is 0.133. The predicted molar refractivity (Wildman–Crippen MR) is 85.7 cm³/mol. The maximum absolute atomic E-state index is 5.18. The van der Waals surface area contributed by atoms with E-state index >= 15 is 0 Å². The van der Waals surface area contributed by atoms with Gasteiger partial charge in [-0.05, 0) is 36.4 Å². The second-order valence-corrected chi connectivity index (χ2v) is 4.80. The minimum absolute atomic E-state index is 0.223. The fourth-order valence-corrected chi connectivity index (χ4v) is 2.42. The van der Waals surface area contributed by atoms with Gasteiger partial charge < -0.3 is 4.74 Å². The molecular formula is C15H15N3OS. The first-order valence-electron chi connectivity index (χ1n) is 6.28. The summed E-state index contributed by atoms with van der Waals surface area (Å²) in [4.78, 5) is 4.35. The molecule has 0 amide bonds. The van der Waals surface area contributed by atoms with Crippen LogP contribution in [0.25, 0.3) is 0 Å². The van der Waals surface area contributed by atoms with Crippen molar-refractivity contribution in [1.29, 1.82) is 0 Å². The molecule has 0 aromatic heterocycles.